The minimum atomic E-state index is -0.00981. The fourth-order valence-corrected chi connectivity index (χ4v) is 2.09. The number of hydrogen-bond acceptors (Lipinski definition) is 3. The van der Waals surface area contributed by atoms with E-state index in [0.717, 1.165) is 19.5 Å². The number of rotatable bonds is 1. The summed E-state index contributed by atoms with van der Waals surface area (Å²) in [7, 11) is 0. The number of esters is 1. The number of likely N-dealkylation sites (tertiary alicyclic amines) is 1. The quantitative estimate of drug-likeness (QED) is 0.543. The summed E-state index contributed by atoms with van der Waals surface area (Å²) in [4.78, 5) is 13.6. The van der Waals surface area contributed by atoms with Gasteiger partial charge in [0, 0.05) is 6.42 Å². The highest BCUT2D eigenvalue weighted by Crippen LogP contribution is 2.23. The largest absolute Gasteiger partial charge is 0.461 e. The van der Waals surface area contributed by atoms with E-state index in [4.69, 9.17) is 4.74 Å². The predicted molar refractivity (Wildman–Crippen MR) is 44.8 cm³/mol. The predicted octanol–water partition coefficient (Wildman–Crippen LogP) is 0.786. The Bertz CT molecular complexity index is 187. The standard InChI is InChI=1S/C9H15NO2/c1-7-6-8(9(11)12-7)10-4-2-3-5-10/h7-8H,2-6H2,1H3. The second-order valence-electron chi connectivity index (χ2n) is 3.74. The van der Waals surface area contributed by atoms with Crippen LogP contribution >= 0.6 is 0 Å². The molecule has 2 aliphatic heterocycles. The van der Waals surface area contributed by atoms with Crippen molar-refractivity contribution in [2.45, 2.75) is 38.3 Å². The smallest absolute Gasteiger partial charge is 0.323 e. The van der Waals surface area contributed by atoms with Gasteiger partial charge in [-0.05, 0) is 32.9 Å². The van der Waals surface area contributed by atoms with Gasteiger partial charge in [-0.15, -0.1) is 0 Å². The minimum absolute atomic E-state index is 0.00981. The number of hydrogen-bond donors (Lipinski definition) is 0. The summed E-state index contributed by atoms with van der Waals surface area (Å²) < 4.78 is 5.11. The van der Waals surface area contributed by atoms with Crippen molar-refractivity contribution in [1.29, 1.82) is 0 Å². The second-order valence-corrected chi connectivity index (χ2v) is 3.74. The SMILES string of the molecule is CC1CC(N2CCCC2)C(=O)O1. The summed E-state index contributed by atoms with van der Waals surface area (Å²) in [5.74, 6) is -0.00981. The molecular formula is C9H15NO2. The summed E-state index contributed by atoms with van der Waals surface area (Å²) in [5.41, 5.74) is 0. The Morgan fingerprint density at radius 2 is 2.08 bits per heavy atom. The lowest BCUT2D eigenvalue weighted by Crippen LogP contribution is -2.36. The second kappa shape index (κ2) is 3.05. The van der Waals surface area contributed by atoms with Gasteiger partial charge in [0.15, 0.2) is 0 Å². The lowest BCUT2D eigenvalue weighted by atomic mass is 10.1. The Morgan fingerprint density at radius 3 is 2.58 bits per heavy atom. The summed E-state index contributed by atoms with van der Waals surface area (Å²) >= 11 is 0. The molecule has 3 nitrogen and oxygen atoms in total. The maximum absolute atomic E-state index is 11.3. The zero-order valence-electron chi connectivity index (χ0n) is 7.45. The number of ether oxygens (including phenoxy) is 1. The molecule has 2 rings (SSSR count). The molecule has 0 aromatic rings. The lowest BCUT2D eigenvalue weighted by Gasteiger charge is -2.18. The molecule has 12 heavy (non-hydrogen) atoms. The molecule has 2 unspecified atom stereocenters. The van der Waals surface area contributed by atoms with Gasteiger partial charge >= 0.3 is 5.97 Å². The van der Waals surface area contributed by atoms with Crippen LogP contribution in [0.3, 0.4) is 0 Å². The minimum Gasteiger partial charge on any atom is -0.461 e. The highest BCUT2D eigenvalue weighted by molar-refractivity contribution is 5.78. The molecule has 68 valence electrons. The van der Waals surface area contributed by atoms with Gasteiger partial charge in [-0.1, -0.05) is 0 Å². The van der Waals surface area contributed by atoms with Crippen LogP contribution in [0.5, 0.6) is 0 Å². The van der Waals surface area contributed by atoms with Crippen molar-refractivity contribution in [3.05, 3.63) is 0 Å². The van der Waals surface area contributed by atoms with Gasteiger partial charge in [0.25, 0.3) is 0 Å². The number of nitrogens with zero attached hydrogens (tertiary/aromatic N) is 1. The number of cyclic esters (lactones) is 1. The van der Waals surface area contributed by atoms with Crippen molar-refractivity contribution < 1.29 is 9.53 Å². The van der Waals surface area contributed by atoms with Crippen molar-refractivity contribution in [1.82, 2.24) is 4.90 Å². The van der Waals surface area contributed by atoms with E-state index in [1.807, 2.05) is 6.92 Å². The maximum Gasteiger partial charge on any atom is 0.323 e. The molecule has 0 aliphatic carbocycles. The molecular weight excluding hydrogens is 154 g/mol. The molecule has 2 fully saturated rings. The van der Waals surface area contributed by atoms with Crippen LogP contribution in [-0.2, 0) is 9.53 Å². The molecule has 2 aliphatic rings. The third kappa shape index (κ3) is 1.33. The van der Waals surface area contributed by atoms with Crippen LogP contribution in [0, 0.1) is 0 Å². The topological polar surface area (TPSA) is 29.5 Å². The third-order valence-corrected chi connectivity index (χ3v) is 2.73. The molecule has 0 aromatic heterocycles. The zero-order valence-corrected chi connectivity index (χ0v) is 7.45. The molecule has 2 atom stereocenters. The van der Waals surface area contributed by atoms with E-state index in [9.17, 15) is 4.79 Å². The normalized spacial score (nSPS) is 37.2. The van der Waals surface area contributed by atoms with E-state index in [1.54, 1.807) is 0 Å². The zero-order chi connectivity index (χ0) is 8.55. The van der Waals surface area contributed by atoms with Crippen molar-refractivity contribution in [3.8, 4) is 0 Å². The summed E-state index contributed by atoms with van der Waals surface area (Å²) in [6.45, 7) is 4.12. The fourth-order valence-electron chi connectivity index (χ4n) is 2.09. The van der Waals surface area contributed by atoms with Gasteiger partial charge in [-0.2, -0.15) is 0 Å². The van der Waals surface area contributed by atoms with Crippen LogP contribution < -0.4 is 0 Å². The Kier molecular flexibility index (Phi) is 2.05. The van der Waals surface area contributed by atoms with Gasteiger partial charge in [0.05, 0.1) is 0 Å². The van der Waals surface area contributed by atoms with Gasteiger partial charge in [0.2, 0.25) is 0 Å². The van der Waals surface area contributed by atoms with E-state index < -0.39 is 0 Å². The van der Waals surface area contributed by atoms with E-state index in [0.29, 0.717) is 0 Å². The van der Waals surface area contributed by atoms with Gasteiger partial charge in [-0.25, -0.2) is 0 Å². The van der Waals surface area contributed by atoms with Crippen LogP contribution in [0.4, 0.5) is 0 Å². The molecule has 0 spiro atoms. The molecule has 0 radical (unpaired) electrons. The van der Waals surface area contributed by atoms with Gasteiger partial charge < -0.3 is 4.74 Å². The van der Waals surface area contributed by atoms with Crippen LogP contribution in [-0.4, -0.2) is 36.1 Å². The Balaban J connectivity index is 1.98. The van der Waals surface area contributed by atoms with Crippen LogP contribution in [0.25, 0.3) is 0 Å². The first-order chi connectivity index (χ1) is 5.77. The van der Waals surface area contributed by atoms with Crippen molar-refractivity contribution in [2.24, 2.45) is 0 Å². The Labute approximate surface area is 72.7 Å². The van der Waals surface area contributed by atoms with E-state index in [-0.39, 0.29) is 18.1 Å². The summed E-state index contributed by atoms with van der Waals surface area (Å²) in [6, 6.07) is 0.0718. The third-order valence-electron chi connectivity index (χ3n) is 2.73. The van der Waals surface area contributed by atoms with E-state index in [1.165, 1.54) is 12.8 Å². The van der Waals surface area contributed by atoms with Crippen molar-refractivity contribution in [3.63, 3.8) is 0 Å². The lowest BCUT2D eigenvalue weighted by molar-refractivity contribution is -0.144. The monoisotopic (exact) mass is 169 g/mol. The average molecular weight is 169 g/mol. The van der Waals surface area contributed by atoms with Gasteiger partial charge in [-0.3, -0.25) is 9.69 Å². The first-order valence-electron chi connectivity index (χ1n) is 4.72. The average Bonchev–Trinajstić information content (AvgIpc) is 2.58. The molecule has 2 saturated heterocycles. The molecule has 0 aromatic carbocycles. The van der Waals surface area contributed by atoms with Crippen LogP contribution in [0.1, 0.15) is 26.2 Å². The maximum atomic E-state index is 11.3. The molecule has 0 amide bonds. The molecule has 0 saturated carbocycles. The fraction of sp³-hybridized carbons (Fsp3) is 0.889. The Hall–Kier alpha value is -0.570. The van der Waals surface area contributed by atoms with Gasteiger partial charge in [0.1, 0.15) is 12.1 Å². The first kappa shape index (κ1) is 8.05. The highest BCUT2D eigenvalue weighted by Gasteiger charge is 2.37. The Morgan fingerprint density at radius 1 is 1.42 bits per heavy atom. The van der Waals surface area contributed by atoms with Crippen molar-refractivity contribution in [2.75, 3.05) is 13.1 Å². The van der Waals surface area contributed by atoms with E-state index >= 15 is 0 Å². The van der Waals surface area contributed by atoms with Crippen molar-refractivity contribution >= 4 is 5.97 Å². The molecule has 3 heteroatoms. The number of carbonyl (C=O) groups excluding carboxylic acids is 1. The van der Waals surface area contributed by atoms with E-state index in [2.05, 4.69) is 4.90 Å². The summed E-state index contributed by atoms with van der Waals surface area (Å²) in [5, 5.41) is 0. The number of carbonyl (C=O) groups is 1. The van der Waals surface area contributed by atoms with Crippen LogP contribution in [0.15, 0.2) is 0 Å². The molecule has 2 heterocycles. The highest BCUT2D eigenvalue weighted by atomic mass is 16.6. The molecule has 0 bridgehead atoms. The first-order valence-corrected chi connectivity index (χ1v) is 4.72. The molecule has 0 N–H and O–H groups in total. The van der Waals surface area contributed by atoms with Crippen LogP contribution in [0.2, 0.25) is 0 Å². The summed E-state index contributed by atoms with van der Waals surface area (Å²) in [6.07, 6.45) is 3.48.